The third kappa shape index (κ3) is 3.67. The van der Waals surface area contributed by atoms with Gasteiger partial charge in [-0.2, -0.15) is 0 Å². The molecule has 0 saturated carbocycles. The van der Waals surface area contributed by atoms with E-state index in [4.69, 9.17) is 0 Å². The summed E-state index contributed by atoms with van der Waals surface area (Å²) in [5, 5.41) is 7.19. The predicted octanol–water partition coefficient (Wildman–Crippen LogP) is 0.319. The molecule has 0 bridgehead atoms. The molecule has 3 aromatic rings. The topological polar surface area (TPSA) is 97.4 Å². The number of piperidine rings is 1. The Morgan fingerprint density at radius 1 is 1.22 bits per heavy atom. The average molecular weight is 367 g/mol. The second-order valence-electron chi connectivity index (χ2n) is 6.56. The summed E-state index contributed by atoms with van der Waals surface area (Å²) in [6, 6.07) is 7.17. The highest BCUT2D eigenvalue weighted by Gasteiger charge is 2.26. The molecule has 4 heterocycles. The van der Waals surface area contributed by atoms with Crippen molar-refractivity contribution in [2.45, 2.75) is 19.4 Å². The minimum absolute atomic E-state index is 0.00700. The molecule has 1 aliphatic rings. The lowest BCUT2D eigenvalue weighted by Gasteiger charge is -2.31. The maximum atomic E-state index is 12.5. The largest absolute Gasteiger partial charge is 0.354 e. The second kappa shape index (κ2) is 7.56. The zero-order valence-electron chi connectivity index (χ0n) is 14.9. The van der Waals surface area contributed by atoms with Gasteiger partial charge >= 0.3 is 5.69 Å². The van der Waals surface area contributed by atoms with Crippen LogP contribution in [0.3, 0.4) is 0 Å². The normalized spacial score (nSPS) is 17.2. The molecule has 3 aromatic heterocycles. The van der Waals surface area contributed by atoms with Crippen molar-refractivity contribution < 1.29 is 4.79 Å². The van der Waals surface area contributed by atoms with E-state index in [1.54, 1.807) is 36.8 Å². The molecule has 0 aliphatic carbocycles. The molecule has 9 heteroatoms. The molecule has 1 unspecified atom stereocenters. The Balaban J connectivity index is 1.33. The molecule has 0 spiro atoms. The van der Waals surface area contributed by atoms with Gasteiger partial charge in [0.1, 0.15) is 0 Å². The van der Waals surface area contributed by atoms with E-state index in [0.29, 0.717) is 31.2 Å². The molecule has 27 heavy (non-hydrogen) atoms. The summed E-state index contributed by atoms with van der Waals surface area (Å²) < 4.78 is 2.86. The van der Waals surface area contributed by atoms with Crippen molar-refractivity contribution >= 4 is 17.5 Å². The van der Waals surface area contributed by atoms with Crippen molar-refractivity contribution in [2.75, 3.05) is 24.5 Å². The summed E-state index contributed by atoms with van der Waals surface area (Å²) in [6.45, 7) is 2.15. The molecule has 9 nitrogen and oxygen atoms in total. The van der Waals surface area contributed by atoms with Gasteiger partial charge < -0.3 is 10.2 Å². The molecule has 1 fully saturated rings. The van der Waals surface area contributed by atoms with Crippen LogP contribution in [0.4, 0.5) is 5.95 Å². The summed E-state index contributed by atoms with van der Waals surface area (Å²) in [5.41, 5.74) is 0.393. The van der Waals surface area contributed by atoms with Gasteiger partial charge in [-0.25, -0.2) is 19.4 Å². The SMILES string of the molecule is O=C(NCCn1nc2ccccn2c1=O)C1CCCN(c2ncccn2)C1. The number of fused-ring (bicyclic) bond motifs is 1. The van der Waals surface area contributed by atoms with Crippen LogP contribution >= 0.6 is 0 Å². The molecular weight excluding hydrogens is 346 g/mol. The van der Waals surface area contributed by atoms with Crippen molar-refractivity contribution in [3.8, 4) is 0 Å². The van der Waals surface area contributed by atoms with Crippen LogP contribution in [0.5, 0.6) is 0 Å². The number of hydrogen-bond acceptors (Lipinski definition) is 6. The Labute approximate surface area is 155 Å². The van der Waals surface area contributed by atoms with Gasteiger partial charge in [0.15, 0.2) is 5.65 Å². The minimum Gasteiger partial charge on any atom is -0.354 e. The van der Waals surface area contributed by atoms with Crippen LogP contribution in [-0.2, 0) is 11.3 Å². The van der Waals surface area contributed by atoms with Crippen molar-refractivity contribution in [3.63, 3.8) is 0 Å². The first-order valence-electron chi connectivity index (χ1n) is 9.06. The lowest BCUT2D eigenvalue weighted by Crippen LogP contribution is -2.44. The van der Waals surface area contributed by atoms with Gasteiger partial charge in [0.05, 0.1) is 12.5 Å². The molecular formula is C18H21N7O2. The number of nitrogens with zero attached hydrogens (tertiary/aromatic N) is 6. The van der Waals surface area contributed by atoms with Crippen LogP contribution < -0.4 is 15.9 Å². The molecule has 1 amide bonds. The molecule has 1 aliphatic heterocycles. The Morgan fingerprint density at radius 2 is 2.07 bits per heavy atom. The van der Waals surface area contributed by atoms with Gasteiger partial charge in [0.2, 0.25) is 11.9 Å². The summed E-state index contributed by atoms with van der Waals surface area (Å²) in [7, 11) is 0. The second-order valence-corrected chi connectivity index (χ2v) is 6.56. The quantitative estimate of drug-likeness (QED) is 0.697. The third-order valence-electron chi connectivity index (χ3n) is 4.74. The molecule has 1 atom stereocenters. The summed E-state index contributed by atoms with van der Waals surface area (Å²) in [4.78, 5) is 35.3. The highest BCUT2D eigenvalue weighted by Crippen LogP contribution is 2.19. The molecule has 0 radical (unpaired) electrons. The highest BCUT2D eigenvalue weighted by atomic mass is 16.2. The van der Waals surface area contributed by atoms with Crippen molar-refractivity contribution in [3.05, 3.63) is 53.3 Å². The Hall–Kier alpha value is -3.23. The first kappa shape index (κ1) is 17.2. The number of pyridine rings is 1. The van der Waals surface area contributed by atoms with E-state index < -0.39 is 0 Å². The molecule has 1 saturated heterocycles. The van der Waals surface area contributed by atoms with E-state index in [1.165, 1.54) is 9.08 Å². The standard InChI is InChI=1S/C18H21N7O2/c26-16(14-5-3-10-23(13-14)17-20-7-4-8-21-17)19-9-12-25-18(27)24-11-2-1-6-15(24)22-25/h1-2,4,6-8,11,14H,3,5,9-10,12-13H2,(H,19,26). The summed E-state index contributed by atoms with van der Waals surface area (Å²) in [5.74, 6) is 0.541. The molecule has 140 valence electrons. The fourth-order valence-electron chi connectivity index (χ4n) is 3.37. The van der Waals surface area contributed by atoms with Crippen LogP contribution in [0.15, 0.2) is 47.7 Å². The zero-order chi connectivity index (χ0) is 18.6. The van der Waals surface area contributed by atoms with Crippen LogP contribution in [0, 0.1) is 5.92 Å². The first-order chi connectivity index (χ1) is 13.2. The lowest BCUT2D eigenvalue weighted by molar-refractivity contribution is -0.125. The number of rotatable bonds is 5. The van der Waals surface area contributed by atoms with Gasteiger partial charge in [-0.05, 0) is 31.0 Å². The first-order valence-corrected chi connectivity index (χ1v) is 9.06. The lowest BCUT2D eigenvalue weighted by atomic mass is 9.97. The van der Waals surface area contributed by atoms with Gasteiger partial charge in [-0.1, -0.05) is 6.07 Å². The van der Waals surface area contributed by atoms with E-state index in [9.17, 15) is 9.59 Å². The highest BCUT2D eigenvalue weighted by molar-refractivity contribution is 5.79. The number of nitrogens with one attached hydrogen (secondary N) is 1. The number of amides is 1. The van der Waals surface area contributed by atoms with Crippen molar-refractivity contribution in [1.29, 1.82) is 0 Å². The van der Waals surface area contributed by atoms with Crippen molar-refractivity contribution in [2.24, 2.45) is 5.92 Å². The Bertz CT molecular complexity index is 982. The summed E-state index contributed by atoms with van der Waals surface area (Å²) >= 11 is 0. The van der Waals surface area contributed by atoms with Crippen LogP contribution in [0.1, 0.15) is 12.8 Å². The van der Waals surface area contributed by atoms with Gasteiger partial charge in [-0.15, -0.1) is 5.10 Å². The molecule has 0 aromatic carbocycles. The van der Waals surface area contributed by atoms with Crippen LogP contribution in [0.2, 0.25) is 0 Å². The van der Waals surface area contributed by atoms with Crippen molar-refractivity contribution in [1.82, 2.24) is 29.5 Å². The minimum atomic E-state index is -0.204. The van der Waals surface area contributed by atoms with Gasteiger partial charge in [-0.3, -0.25) is 9.20 Å². The molecule has 4 rings (SSSR count). The fourth-order valence-corrected chi connectivity index (χ4v) is 3.37. The predicted molar refractivity (Wildman–Crippen MR) is 99.4 cm³/mol. The van der Waals surface area contributed by atoms with Gasteiger partial charge in [0, 0.05) is 38.2 Å². The van der Waals surface area contributed by atoms with E-state index in [0.717, 1.165) is 19.4 Å². The smallest absolute Gasteiger partial charge is 0.350 e. The number of carbonyl (C=O) groups is 1. The zero-order valence-corrected chi connectivity index (χ0v) is 14.9. The number of carbonyl (C=O) groups excluding carboxylic acids is 1. The maximum absolute atomic E-state index is 12.5. The van der Waals surface area contributed by atoms with E-state index in [-0.39, 0.29) is 17.5 Å². The summed E-state index contributed by atoms with van der Waals surface area (Å²) in [6.07, 6.45) is 6.85. The maximum Gasteiger partial charge on any atom is 0.350 e. The van der Waals surface area contributed by atoms with E-state index in [1.807, 2.05) is 11.0 Å². The van der Waals surface area contributed by atoms with Gasteiger partial charge in [0.25, 0.3) is 0 Å². The third-order valence-corrected chi connectivity index (χ3v) is 4.74. The molecule has 1 N–H and O–H groups in total. The number of aromatic nitrogens is 5. The fraction of sp³-hybridized carbons (Fsp3) is 0.389. The Kier molecular flexibility index (Phi) is 4.82. The number of anilines is 1. The Morgan fingerprint density at radius 3 is 2.89 bits per heavy atom. The van der Waals surface area contributed by atoms with Crippen LogP contribution in [-0.4, -0.2) is 49.7 Å². The van der Waals surface area contributed by atoms with Crippen LogP contribution in [0.25, 0.3) is 5.65 Å². The average Bonchev–Trinajstić information content (AvgIpc) is 3.05. The number of hydrogen-bond donors (Lipinski definition) is 1. The van der Waals surface area contributed by atoms with E-state index in [2.05, 4.69) is 20.4 Å². The van der Waals surface area contributed by atoms with E-state index >= 15 is 0 Å². The monoisotopic (exact) mass is 367 g/mol.